The lowest BCUT2D eigenvalue weighted by molar-refractivity contribution is 0.132. The Labute approximate surface area is 204 Å². The summed E-state index contributed by atoms with van der Waals surface area (Å²) in [7, 11) is 0.154. The Morgan fingerprint density at radius 2 is 1.83 bits per heavy atom. The summed E-state index contributed by atoms with van der Waals surface area (Å²) in [6, 6.07) is 16.4. The number of anilines is 1. The second-order valence-electron chi connectivity index (χ2n) is 8.09. The van der Waals surface area contributed by atoms with Crippen LogP contribution in [0, 0.1) is 0 Å². The van der Waals surface area contributed by atoms with Crippen molar-refractivity contribution in [3.05, 3.63) is 66.1 Å². The summed E-state index contributed by atoms with van der Waals surface area (Å²) in [5.74, 6) is 0.624. The third-order valence-corrected chi connectivity index (χ3v) is 5.72. The van der Waals surface area contributed by atoms with E-state index in [4.69, 9.17) is 14.4 Å². The summed E-state index contributed by atoms with van der Waals surface area (Å²) in [6.45, 7) is 0.294. The molecule has 1 atom stereocenters. The number of unbranched alkanes of at least 4 members (excludes halogenated alkanes) is 1. The molecule has 2 aromatic carbocycles. The summed E-state index contributed by atoms with van der Waals surface area (Å²) in [6.07, 6.45) is 0.854. The number of hydrogen-bond donors (Lipinski definition) is 3. The normalized spacial score (nSPS) is 12.2. The maximum atomic E-state index is 12.5. The monoisotopic (exact) mass is 502 g/mol. The smallest absolute Gasteiger partial charge is 0.408 e. The van der Waals surface area contributed by atoms with Gasteiger partial charge in [0.05, 0.1) is 0 Å². The van der Waals surface area contributed by atoms with Gasteiger partial charge >= 0.3 is 6.09 Å². The molecular formula is C23H30N6O5S. The maximum absolute atomic E-state index is 12.5. The van der Waals surface area contributed by atoms with Gasteiger partial charge < -0.3 is 19.5 Å². The van der Waals surface area contributed by atoms with Crippen molar-refractivity contribution >= 4 is 22.0 Å². The zero-order valence-corrected chi connectivity index (χ0v) is 20.5. The van der Waals surface area contributed by atoms with Crippen LogP contribution in [0.15, 0.2) is 59.1 Å². The van der Waals surface area contributed by atoms with E-state index in [1.165, 1.54) is 0 Å². The molecule has 11 nitrogen and oxygen atoms in total. The van der Waals surface area contributed by atoms with E-state index in [1.807, 2.05) is 73.6 Å². The van der Waals surface area contributed by atoms with Gasteiger partial charge in [-0.2, -0.15) is 13.4 Å². The van der Waals surface area contributed by atoms with E-state index < -0.39 is 22.3 Å². The van der Waals surface area contributed by atoms with Crippen molar-refractivity contribution in [2.45, 2.75) is 31.9 Å². The number of ether oxygens (including phenoxy) is 1. The third kappa shape index (κ3) is 8.67. The van der Waals surface area contributed by atoms with E-state index in [1.54, 1.807) is 0 Å². The number of nitrogens with two attached hydrogens (primary N) is 1. The molecule has 35 heavy (non-hydrogen) atoms. The van der Waals surface area contributed by atoms with Gasteiger partial charge in [0.15, 0.2) is 0 Å². The van der Waals surface area contributed by atoms with Crippen LogP contribution in [-0.2, 0) is 21.6 Å². The number of benzene rings is 2. The first-order chi connectivity index (χ1) is 16.7. The number of carbonyl (C=O) groups is 1. The zero-order valence-electron chi connectivity index (χ0n) is 19.7. The Balaban J connectivity index is 1.66. The highest BCUT2D eigenvalue weighted by molar-refractivity contribution is 7.87. The molecule has 1 heterocycles. The molecule has 188 valence electrons. The van der Waals surface area contributed by atoms with Crippen molar-refractivity contribution in [2.75, 3.05) is 25.5 Å². The minimum Gasteiger partial charge on any atom is -0.445 e. The summed E-state index contributed by atoms with van der Waals surface area (Å²) >= 11 is 0. The van der Waals surface area contributed by atoms with Crippen molar-refractivity contribution in [3.8, 4) is 11.4 Å². The number of carbonyl (C=O) groups excluding carboxylic acids is 1. The molecule has 12 heteroatoms. The number of nitrogens with one attached hydrogen (secondary N) is 2. The van der Waals surface area contributed by atoms with E-state index in [0.29, 0.717) is 25.1 Å². The number of rotatable bonds is 12. The number of amides is 1. The standard InChI is InChI=1S/C23H30N6O5S/c1-29(2)19-13-11-18(12-14-19)21-27-22(34-28-21)20(10-6-7-15-25-35(24,31)32)26-23(30)33-16-17-8-4-3-5-9-17/h3-5,8-9,11-14,20,25H,6-7,10,15-16H2,1-2H3,(H,26,30)(H2,24,31,32)/t20-/m1/s1. The van der Waals surface area contributed by atoms with Gasteiger partial charge in [0.1, 0.15) is 12.6 Å². The Morgan fingerprint density at radius 1 is 1.11 bits per heavy atom. The molecule has 0 aliphatic heterocycles. The lowest BCUT2D eigenvalue weighted by Gasteiger charge is -2.15. The molecule has 4 N–H and O–H groups in total. The number of nitrogens with zero attached hydrogens (tertiary/aromatic N) is 3. The van der Waals surface area contributed by atoms with Crippen LogP contribution in [0.3, 0.4) is 0 Å². The zero-order chi connectivity index (χ0) is 25.3. The lowest BCUT2D eigenvalue weighted by atomic mass is 10.1. The van der Waals surface area contributed by atoms with Crippen LogP contribution in [0.4, 0.5) is 10.5 Å². The van der Waals surface area contributed by atoms with Crippen LogP contribution in [0.25, 0.3) is 11.4 Å². The Morgan fingerprint density at radius 3 is 2.49 bits per heavy atom. The fraction of sp³-hybridized carbons (Fsp3) is 0.348. The minimum absolute atomic E-state index is 0.116. The Bertz CT molecular complexity index is 1180. The van der Waals surface area contributed by atoms with Gasteiger partial charge in [-0.05, 0) is 49.1 Å². The predicted molar refractivity (Wildman–Crippen MR) is 132 cm³/mol. The van der Waals surface area contributed by atoms with E-state index >= 15 is 0 Å². The van der Waals surface area contributed by atoms with Gasteiger partial charge in [0.2, 0.25) is 11.7 Å². The fourth-order valence-electron chi connectivity index (χ4n) is 3.25. The van der Waals surface area contributed by atoms with Gasteiger partial charge in [0.25, 0.3) is 10.2 Å². The molecule has 1 amide bonds. The molecule has 3 aromatic rings. The van der Waals surface area contributed by atoms with E-state index in [9.17, 15) is 13.2 Å². The number of alkyl carbamates (subject to hydrolysis) is 1. The molecule has 0 unspecified atom stereocenters. The van der Waals surface area contributed by atoms with Crippen LogP contribution in [0.2, 0.25) is 0 Å². The van der Waals surface area contributed by atoms with Crippen LogP contribution in [0.1, 0.15) is 36.8 Å². The SMILES string of the molecule is CN(C)c1ccc(-c2noc([C@@H](CCCCNS(N)(=O)=O)NC(=O)OCc3ccccc3)n2)cc1. The topological polar surface area (TPSA) is 153 Å². The molecule has 0 aliphatic rings. The lowest BCUT2D eigenvalue weighted by Crippen LogP contribution is -2.32. The van der Waals surface area contributed by atoms with Crippen molar-refractivity contribution in [1.82, 2.24) is 20.2 Å². The van der Waals surface area contributed by atoms with Gasteiger partial charge in [-0.15, -0.1) is 0 Å². The molecule has 0 aliphatic carbocycles. The highest BCUT2D eigenvalue weighted by Crippen LogP contribution is 2.24. The summed E-state index contributed by atoms with van der Waals surface area (Å²) in [5, 5.41) is 11.8. The summed E-state index contributed by atoms with van der Waals surface area (Å²) in [4.78, 5) is 18.9. The maximum Gasteiger partial charge on any atom is 0.408 e. The van der Waals surface area contributed by atoms with E-state index in [-0.39, 0.29) is 19.0 Å². The third-order valence-electron chi connectivity index (χ3n) is 5.11. The van der Waals surface area contributed by atoms with Crippen molar-refractivity contribution < 1.29 is 22.5 Å². The Kier molecular flexibility index (Phi) is 9.18. The molecule has 0 fully saturated rings. The second-order valence-corrected chi connectivity index (χ2v) is 9.47. The van der Waals surface area contributed by atoms with Crippen LogP contribution in [-0.4, -0.2) is 45.3 Å². The molecule has 0 spiro atoms. The quantitative estimate of drug-likeness (QED) is 0.320. The van der Waals surface area contributed by atoms with Crippen LogP contribution in [0.5, 0.6) is 0 Å². The molecule has 3 rings (SSSR count). The largest absolute Gasteiger partial charge is 0.445 e. The predicted octanol–water partition coefficient (Wildman–Crippen LogP) is 2.73. The fourth-order valence-corrected chi connectivity index (χ4v) is 3.68. The first kappa shape index (κ1) is 26.1. The van der Waals surface area contributed by atoms with E-state index in [2.05, 4.69) is 20.2 Å². The molecule has 0 radical (unpaired) electrons. The molecule has 0 bridgehead atoms. The average Bonchev–Trinajstić information content (AvgIpc) is 3.32. The van der Waals surface area contributed by atoms with Gasteiger partial charge in [-0.25, -0.2) is 14.7 Å². The van der Waals surface area contributed by atoms with Crippen molar-refractivity contribution in [2.24, 2.45) is 5.14 Å². The number of hydrogen-bond acceptors (Lipinski definition) is 8. The molecule has 1 aromatic heterocycles. The first-order valence-electron chi connectivity index (χ1n) is 11.1. The summed E-state index contributed by atoms with van der Waals surface area (Å²) in [5.41, 5.74) is 2.66. The first-order valence-corrected chi connectivity index (χ1v) is 12.6. The second kappa shape index (κ2) is 12.3. The van der Waals surface area contributed by atoms with Crippen molar-refractivity contribution in [1.29, 1.82) is 0 Å². The Hall–Kier alpha value is -3.48. The molecular weight excluding hydrogens is 472 g/mol. The minimum atomic E-state index is -3.75. The van der Waals surface area contributed by atoms with Gasteiger partial charge in [-0.3, -0.25) is 0 Å². The summed E-state index contributed by atoms with van der Waals surface area (Å²) < 4.78 is 35.1. The van der Waals surface area contributed by atoms with Crippen LogP contribution < -0.4 is 20.1 Å². The molecule has 0 saturated heterocycles. The average molecular weight is 503 g/mol. The van der Waals surface area contributed by atoms with Crippen LogP contribution >= 0.6 is 0 Å². The van der Waals surface area contributed by atoms with E-state index in [0.717, 1.165) is 16.8 Å². The van der Waals surface area contributed by atoms with Gasteiger partial charge in [-0.1, -0.05) is 35.5 Å². The number of aromatic nitrogens is 2. The molecule has 0 saturated carbocycles. The highest BCUT2D eigenvalue weighted by Gasteiger charge is 2.22. The highest BCUT2D eigenvalue weighted by atomic mass is 32.2. The van der Waals surface area contributed by atoms with Gasteiger partial charge in [0, 0.05) is 31.9 Å². The van der Waals surface area contributed by atoms with Crippen molar-refractivity contribution in [3.63, 3.8) is 0 Å².